The number of carbonyl (C=O) groups excluding carboxylic acids is 1. The normalized spacial score (nSPS) is 10.7. The number of fused-ring (bicyclic) bond motifs is 1. The number of carbonyl (C=O) groups is 2. The average Bonchev–Trinajstić information content (AvgIpc) is 3.13. The third kappa shape index (κ3) is 3.32. The number of benzene rings is 3. The predicted octanol–water partition coefficient (Wildman–Crippen LogP) is 5.52. The Hall–Kier alpha value is -3.44. The maximum atomic E-state index is 12.8. The highest BCUT2D eigenvalue weighted by atomic mass is 32.1. The first kappa shape index (κ1) is 17.0. The lowest BCUT2D eigenvalue weighted by atomic mass is 10.0. The van der Waals surface area contributed by atoms with Crippen molar-refractivity contribution in [3.8, 4) is 11.1 Å². The van der Waals surface area contributed by atoms with Gasteiger partial charge >= 0.3 is 5.97 Å². The van der Waals surface area contributed by atoms with Crippen LogP contribution in [-0.4, -0.2) is 17.0 Å². The minimum absolute atomic E-state index is 0.0579. The fraction of sp³-hybridized carbons (Fsp3) is 0. The van der Waals surface area contributed by atoms with E-state index in [1.807, 2.05) is 54.6 Å². The zero-order valence-electron chi connectivity index (χ0n) is 14.2. The largest absolute Gasteiger partial charge is 0.478 e. The molecule has 0 spiro atoms. The van der Waals surface area contributed by atoms with Gasteiger partial charge in [-0.15, -0.1) is 11.3 Å². The van der Waals surface area contributed by atoms with Gasteiger partial charge in [0.1, 0.15) is 0 Å². The molecule has 0 saturated carbocycles. The van der Waals surface area contributed by atoms with Crippen LogP contribution in [-0.2, 0) is 0 Å². The first-order valence-electron chi connectivity index (χ1n) is 8.34. The highest BCUT2D eigenvalue weighted by Gasteiger charge is 2.17. The Balaban J connectivity index is 1.73. The predicted molar refractivity (Wildman–Crippen MR) is 109 cm³/mol. The molecule has 0 atom stereocenters. The second-order valence-electron chi connectivity index (χ2n) is 6.03. The molecule has 0 fully saturated rings. The number of carboxylic acid groups (broad SMARTS) is 1. The van der Waals surface area contributed by atoms with Gasteiger partial charge in [-0.25, -0.2) is 4.79 Å². The summed E-state index contributed by atoms with van der Waals surface area (Å²) in [6, 6.07) is 22.2. The van der Waals surface area contributed by atoms with Crippen LogP contribution in [0.4, 0.5) is 5.69 Å². The van der Waals surface area contributed by atoms with E-state index in [0.717, 1.165) is 21.2 Å². The van der Waals surface area contributed by atoms with E-state index < -0.39 is 5.97 Å². The second-order valence-corrected chi connectivity index (χ2v) is 6.94. The number of carboxylic acids is 1. The molecule has 4 aromatic rings. The van der Waals surface area contributed by atoms with E-state index in [9.17, 15) is 14.7 Å². The smallest absolute Gasteiger partial charge is 0.337 e. The summed E-state index contributed by atoms with van der Waals surface area (Å²) in [5.74, 6) is -1.40. The number of anilines is 1. The quantitative estimate of drug-likeness (QED) is 0.495. The molecule has 4 nitrogen and oxygen atoms in total. The summed E-state index contributed by atoms with van der Waals surface area (Å²) >= 11 is 1.49. The van der Waals surface area contributed by atoms with E-state index >= 15 is 0 Å². The van der Waals surface area contributed by atoms with Crippen molar-refractivity contribution in [2.75, 3.05) is 5.32 Å². The lowest BCUT2D eigenvalue weighted by molar-refractivity contribution is 0.0698. The molecular weight excluding hydrogens is 358 g/mol. The monoisotopic (exact) mass is 373 g/mol. The minimum Gasteiger partial charge on any atom is -0.478 e. The Bertz CT molecular complexity index is 1150. The van der Waals surface area contributed by atoms with Gasteiger partial charge in [-0.05, 0) is 29.3 Å². The number of hydrogen-bond donors (Lipinski definition) is 2. The number of hydrogen-bond acceptors (Lipinski definition) is 3. The van der Waals surface area contributed by atoms with Crippen LogP contribution in [0.25, 0.3) is 21.2 Å². The fourth-order valence-corrected chi connectivity index (χ4v) is 3.93. The number of thiophene rings is 1. The number of amides is 1. The summed E-state index contributed by atoms with van der Waals surface area (Å²) in [6.07, 6.45) is 0. The molecule has 1 aromatic heterocycles. The molecule has 0 aliphatic carbocycles. The van der Waals surface area contributed by atoms with E-state index in [4.69, 9.17) is 0 Å². The maximum absolute atomic E-state index is 12.8. The van der Waals surface area contributed by atoms with Gasteiger partial charge < -0.3 is 10.4 Å². The summed E-state index contributed by atoms with van der Waals surface area (Å²) in [5.41, 5.74) is 2.67. The van der Waals surface area contributed by atoms with Crippen LogP contribution in [0.3, 0.4) is 0 Å². The Kier molecular flexibility index (Phi) is 4.44. The summed E-state index contributed by atoms with van der Waals surface area (Å²) in [5, 5.41) is 14.9. The van der Waals surface area contributed by atoms with Crippen molar-refractivity contribution in [1.29, 1.82) is 0 Å². The summed E-state index contributed by atoms with van der Waals surface area (Å²) < 4.78 is 1.01. The van der Waals surface area contributed by atoms with E-state index in [1.54, 1.807) is 17.5 Å². The third-order valence-electron chi connectivity index (χ3n) is 4.33. The summed E-state index contributed by atoms with van der Waals surface area (Å²) in [6.45, 7) is 0. The Morgan fingerprint density at radius 1 is 0.815 bits per heavy atom. The Morgan fingerprint density at radius 2 is 1.56 bits per heavy atom. The van der Waals surface area contributed by atoms with E-state index in [2.05, 4.69) is 5.32 Å². The van der Waals surface area contributed by atoms with Crippen LogP contribution < -0.4 is 5.32 Å². The van der Waals surface area contributed by atoms with Crippen molar-refractivity contribution in [2.24, 2.45) is 0 Å². The molecule has 0 bridgehead atoms. The molecule has 1 heterocycles. The fourth-order valence-electron chi connectivity index (χ4n) is 2.99. The molecule has 0 radical (unpaired) electrons. The molecule has 4 rings (SSSR count). The van der Waals surface area contributed by atoms with Crippen LogP contribution >= 0.6 is 11.3 Å². The highest BCUT2D eigenvalue weighted by molar-refractivity contribution is 7.17. The molecule has 5 heteroatoms. The van der Waals surface area contributed by atoms with Crippen molar-refractivity contribution in [1.82, 2.24) is 0 Å². The molecular formula is C22H15NO3S. The SMILES string of the molecule is O=C(O)c1ccc(-c2ccccc2)cc1NC(=O)c1csc2ccccc12. The molecule has 3 aromatic carbocycles. The van der Waals surface area contributed by atoms with Crippen LogP contribution in [0.2, 0.25) is 0 Å². The third-order valence-corrected chi connectivity index (χ3v) is 5.29. The van der Waals surface area contributed by atoms with Crippen LogP contribution in [0.5, 0.6) is 0 Å². The van der Waals surface area contributed by atoms with Crippen molar-refractivity contribution >= 4 is 39.0 Å². The molecule has 2 N–H and O–H groups in total. The van der Waals surface area contributed by atoms with Crippen LogP contribution in [0.15, 0.2) is 78.2 Å². The van der Waals surface area contributed by atoms with E-state index in [-0.39, 0.29) is 17.2 Å². The van der Waals surface area contributed by atoms with Gasteiger partial charge in [0.05, 0.1) is 16.8 Å². The molecule has 0 saturated heterocycles. The van der Waals surface area contributed by atoms with Gasteiger partial charge in [0, 0.05) is 15.5 Å². The zero-order valence-corrected chi connectivity index (χ0v) is 15.0. The highest BCUT2D eigenvalue weighted by Crippen LogP contribution is 2.29. The summed E-state index contributed by atoms with van der Waals surface area (Å²) in [7, 11) is 0. The van der Waals surface area contributed by atoms with Crippen molar-refractivity contribution in [3.63, 3.8) is 0 Å². The van der Waals surface area contributed by atoms with E-state index in [1.165, 1.54) is 17.4 Å². The molecule has 1 amide bonds. The molecule has 0 unspecified atom stereocenters. The van der Waals surface area contributed by atoms with Gasteiger partial charge in [-0.1, -0.05) is 54.6 Å². The van der Waals surface area contributed by atoms with Crippen molar-refractivity contribution < 1.29 is 14.7 Å². The van der Waals surface area contributed by atoms with Crippen molar-refractivity contribution in [3.05, 3.63) is 89.3 Å². The first-order valence-corrected chi connectivity index (χ1v) is 9.22. The first-order chi connectivity index (χ1) is 13.1. The maximum Gasteiger partial charge on any atom is 0.337 e. The number of rotatable bonds is 4. The summed E-state index contributed by atoms with van der Waals surface area (Å²) in [4.78, 5) is 24.4. The van der Waals surface area contributed by atoms with Gasteiger partial charge in [-0.3, -0.25) is 4.79 Å². The minimum atomic E-state index is -1.08. The molecule has 27 heavy (non-hydrogen) atoms. The second kappa shape index (κ2) is 7.05. The topological polar surface area (TPSA) is 66.4 Å². The molecule has 0 aliphatic heterocycles. The van der Waals surface area contributed by atoms with Crippen molar-refractivity contribution in [2.45, 2.75) is 0 Å². The van der Waals surface area contributed by atoms with E-state index in [0.29, 0.717) is 5.56 Å². The Morgan fingerprint density at radius 3 is 2.33 bits per heavy atom. The van der Waals surface area contributed by atoms with Gasteiger partial charge in [0.15, 0.2) is 0 Å². The Labute approximate surface area is 159 Å². The molecule has 0 aliphatic rings. The molecule has 132 valence electrons. The number of nitrogens with one attached hydrogen (secondary N) is 1. The van der Waals surface area contributed by atoms with Crippen LogP contribution in [0, 0.1) is 0 Å². The van der Waals surface area contributed by atoms with Gasteiger partial charge in [-0.2, -0.15) is 0 Å². The lowest BCUT2D eigenvalue weighted by Crippen LogP contribution is -2.14. The zero-order chi connectivity index (χ0) is 18.8. The van der Waals surface area contributed by atoms with Gasteiger partial charge in [0.25, 0.3) is 5.91 Å². The average molecular weight is 373 g/mol. The lowest BCUT2D eigenvalue weighted by Gasteiger charge is -2.11. The standard InChI is InChI=1S/C22H15NO3S/c24-21(18-13-27-20-9-5-4-8-16(18)20)23-19-12-15(10-11-17(19)22(25)26)14-6-2-1-3-7-14/h1-13H,(H,23,24)(H,25,26). The van der Waals surface area contributed by atoms with Gasteiger partial charge in [0.2, 0.25) is 0 Å². The number of aromatic carboxylic acids is 1. The van der Waals surface area contributed by atoms with Crippen LogP contribution in [0.1, 0.15) is 20.7 Å².